The van der Waals surface area contributed by atoms with Crippen LogP contribution in [0.3, 0.4) is 0 Å². The number of pyridine rings is 2. The number of aromatic nitrogens is 2. The van der Waals surface area contributed by atoms with Crippen LogP contribution >= 0.6 is 0 Å². The van der Waals surface area contributed by atoms with E-state index < -0.39 is 6.04 Å². The Morgan fingerprint density at radius 3 is 2.83 bits per heavy atom. The fraction of sp³-hybridized carbons (Fsp3) is 0.0556. The fourth-order valence-electron chi connectivity index (χ4n) is 3.61. The molecule has 6 heteroatoms. The molecule has 0 saturated heterocycles. The van der Waals surface area contributed by atoms with Crippen LogP contribution in [0.4, 0.5) is 5.69 Å². The van der Waals surface area contributed by atoms with E-state index in [1.54, 1.807) is 18.3 Å². The predicted octanol–water partition coefficient (Wildman–Crippen LogP) is 2.20. The molecule has 0 saturated carbocycles. The van der Waals surface area contributed by atoms with E-state index in [0.717, 1.165) is 16.7 Å². The molecule has 0 bridgehead atoms. The maximum Gasteiger partial charge on any atom is 0.217 e. The molecule has 5 rings (SSSR count). The van der Waals surface area contributed by atoms with Gasteiger partial charge in [-0.05, 0) is 17.7 Å². The second-order valence-corrected chi connectivity index (χ2v) is 5.86. The van der Waals surface area contributed by atoms with Crippen LogP contribution in [0.1, 0.15) is 33.4 Å². The van der Waals surface area contributed by atoms with Crippen molar-refractivity contribution in [3.8, 4) is 16.9 Å². The van der Waals surface area contributed by atoms with Crippen molar-refractivity contribution in [2.75, 3.05) is 5.32 Å². The van der Waals surface area contributed by atoms with E-state index in [1.165, 1.54) is 12.3 Å². The molecule has 1 unspecified atom stereocenters. The fourth-order valence-corrected chi connectivity index (χ4v) is 3.61. The number of phenols is 1. The van der Waals surface area contributed by atoms with Gasteiger partial charge < -0.3 is 15.4 Å². The first kappa shape index (κ1) is 13.1. The summed E-state index contributed by atoms with van der Waals surface area (Å²) in [6.07, 6.45) is 3.09. The molecule has 24 heavy (non-hydrogen) atoms. The van der Waals surface area contributed by atoms with Crippen molar-refractivity contribution in [3.05, 3.63) is 75.5 Å². The molecule has 116 valence electrons. The molecule has 1 aliphatic carbocycles. The third-order valence-corrected chi connectivity index (χ3v) is 4.62. The Morgan fingerprint density at radius 2 is 1.96 bits per heavy atom. The quantitative estimate of drug-likeness (QED) is 0.553. The molecule has 1 atom stereocenters. The summed E-state index contributed by atoms with van der Waals surface area (Å²) in [4.78, 5) is 32.2. The Kier molecular flexibility index (Phi) is 2.35. The van der Waals surface area contributed by atoms with Crippen LogP contribution in [0.2, 0.25) is 0 Å². The molecule has 0 radical (unpaired) electrons. The molecule has 0 spiro atoms. The molecule has 2 aromatic heterocycles. The van der Waals surface area contributed by atoms with E-state index in [4.69, 9.17) is 0 Å². The van der Waals surface area contributed by atoms with Crippen molar-refractivity contribution in [2.45, 2.75) is 6.04 Å². The van der Waals surface area contributed by atoms with Gasteiger partial charge in [0.1, 0.15) is 11.4 Å². The molecule has 2 aliphatic rings. The Labute approximate surface area is 135 Å². The number of para-hydroxylation sites is 1. The smallest absolute Gasteiger partial charge is 0.217 e. The highest BCUT2D eigenvalue weighted by Crippen LogP contribution is 2.48. The van der Waals surface area contributed by atoms with Gasteiger partial charge in [0.05, 0.1) is 23.0 Å². The van der Waals surface area contributed by atoms with Gasteiger partial charge in [0.25, 0.3) is 0 Å². The van der Waals surface area contributed by atoms with Crippen LogP contribution in [-0.4, -0.2) is 20.9 Å². The second-order valence-electron chi connectivity index (χ2n) is 5.86. The maximum atomic E-state index is 12.8. The lowest BCUT2D eigenvalue weighted by Crippen LogP contribution is -2.33. The van der Waals surface area contributed by atoms with Gasteiger partial charge in [-0.1, -0.05) is 12.1 Å². The van der Waals surface area contributed by atoms with E-state index in [0.29, 0.717) is 11.4 Å². The number of benzene rings is 1. The highest BCUT2D eigenvalue weighted by molar-refractivity contribution is 6.13. The molecule has 6 nitrogen and oxygen atoms in total. The Morgan fingerprint density at radius 1 is 1.08 bits per heavy atom. The standard InChI is InChI=1S/C18H11N3O3/c22-10-5-7-19-15-13(10)18(24)17-12-8(4-6-20-17)9-2-1-3-11(23)14(9)21-16(12)15/h1-7,16,21,23H,(H,19,22). The van der Waals surface area contributed by atoms with Gasteiger partial charge in [0.15, 0.2) is 5.43 Å². The van der Waals surface area contributed by atoms with E-state index in [-0.39, 0.29) is 28.2 Å². The summed E-state index contributed by atoms with van der Waals surface area (Å²) in [6.45, 7) is 0. The molecule has 1 aliphatic heterocycles. The van der Waals surface area contributed by atoms with Crippen molar-refractivity contribution in [2.24, 2.45) is 0 Å². The number of carbonyl (C=O) groups is 1. The Bertz CT molecular complexity index is 1100. The lowest BCUT2D eigenvalue weighted by atomic mass is 9.80. The van der Waals surface area contributed by atoms with Crippen molar-refractivity contribution >= 4 is 11.5 Å². The number of rotatable bonds is 0. The number of hydrogen-bond acceptors (Lipinski definition) is 5. The van der Waals surface area contributed by atoms with Crippen LogP contribution in [0, 0.1) is 0 Å². The van der Waals surface area contributed by atoms with Gasteiger partial charge in [0.2, 0.25) is 5.78 Å². The molecule has 1 aromatic carbocycles. The lowest BCUT2D eigenvalue weighted by molar-refractivity contribution is 0.102. The summed E-state index contributed by atoms with van der Waals surface area (Å²) in [5, 5.41) is 13.5. The Hall–Kier alpha value is -3.41. The van der Waals surface area contributed by atoms with Crippen LogP contribution in [0.5, 0.6) is 5.75 Å². The zero-order valence-electron chi connectivity index (χ0n) is 12.3. The van der Waals surface area contributed by atoms with Gasteiger partial charge in [-0.25, -0.2) is 0 Å². The van der Waals surface area contributed by atoms with Gasteiger partial charge in [-0.2, -0.15) is 0 Å². The number of ketones is 1. The number of anilines is 1. The first-order chi connectivity index (χ1) is 11.7. The van der Waals surface area contributed by atoms with Gasteiger partial charge >= 0.3 is 0 Å². The summed E-state index contributed by atoms with van der Waals surface area (Å²) in [7, 11) is 0. The minimum Gasteiger partial charge on any atom is -0.506 e. The first-order valence-electron chi connectivity index (χ1n) is 7.51. The third kappa shape index (κ3) is 1.47. The largest absolute Gasteiger partial charge is 0.506 e. The highest BCUT2D eigenvalue weighted by atomic mass is 16.3. The van der Waals surface area contributed by atoms with Crippen molar-refractivity contribution in [1.82, 2.24) is 9.97 Å². The van der Waals surface area contributed by atoms with E-state index in [1.807, 2.05) is 12.1 Å². The van der Waals surface area contributed by atoms with E-state index in [2.05, 4.69) is 15.3 Å². The minimum absolute atomic E-state index is 0.103. The van der Waals surface area contributed by atoms with Crippen LogP contribution in [0.25, 0.3) is 11.1 Å². The summed E-state index contributed by atoms with van der Waals surface area (Å²) < 4.78 is 0. The Balaban J connectivity index is 1.92. The zero-order chi connectivity index (χ0) is 16.4. The number of H-pyrrole nitrogens is 1. The number of aromatic hydroxyl groups is 1. The number of carbonyl (C=O) groups excluding carboxylic acids is 1. The zero-order valence-corrected chi connectivity index (χ0v) is 12.3. The molecule has 0 fully saturated rings. The molecule has 3 heterocycles. The second kappa shape index (κ2) is 4.32. The number of phenolic OH excluding ortho intramolecular Hbond substituents is 1. The molecular weight excluding hydrogens is 306 g/mol. The summed E-state index contributed by atoms with van der Waals surface area (Å²) >= 11 is 0. The molecular formula is C18H11N3O3. The number of aromatic amines is 1. The topological polar surface area (TPSA) is 95.1 Å². The van der Waals surface area contributed by atoms with Crippen molar-refractivity contribution < 1.29 is 9.90 Å². The highest BCUT2D eigenvalue weighted by Gasteiger charge is 2.39. The van der Waals surface area contributed by atoms with Gasteiger partial charge in [-0.3, -0.25) is 14.6 Å². The van der Waals surface area contributed by atoms with Crippen molar-refractivity contribution in [1.29, 1.82) is 0 Å². The average Bonchev–Trinajstić information content (AvgIpc) is 2.59. The number of fused-ring (bicyclic) bond motifs is 4. The van der Waals surface area contributed by atoms with Crippen LogP contribution < -0.4 is 10.7 Å². The third-order valence-electron chi connectivity index (χ3n) is 4.62. The van der Waals surface area contributed by atoms with E-state index in [9.17, 15) is 14.7 Å². The summed E-state index contributed by atoms with van der Waals surface area (Å²) in [5.74, 6) is -0.251. The molecule has 0 amide bonds. The maximum absolute atomic E-state index is 12.8. The summed E-state index contributed by atoms with van der Waals surface area (Å²) in [6, 6.07) is 7.95. The van der Waals surface area contributed by atoms with Gasteiger partial charge in [0, 0.05) is 29.6 Å². The number of hydrogen-bond donors (Lipinski definition) is 3. The number of nitrogens with one attached hydrogen (secondary N) is 2. The van der Waals surface area contributed by atoms with Crippen molar-refractivity contribution in [3.63, 3.8) is 0 Å². The molecule has 3 aromatic rings. The monoisotopic (exact) mass is 317 g/mol. The summed E-state index contributed by atoms with van der Waals surface area (Å²) in [5.41, 5.74) is 3.50. The molecule has 3 N–H and O–H groups in total. The van der Waals surface area contributed by atoms with Gasteiger partial charge in [-0.15, -0.1) is 0 Å². The van der Waals surface area contributed by atoms with E-state index >= 15 is 0 Å². The predicted molar refractivity (Wildman–Crippen MR) is 87.3 cm³/mol. The number of nitrogens with zero attached hydrogens (tertiary/aromatic N) is 1. The van der Waals surface area contributed by atoms with Crippen LogP contribution in [-0.2, 0) is 0 Å². The average molecular weight is 317 g/mol. The SMILES string of the molecule is O=C1c2nccc3c2C(Nc2c(O)cccc2-3)c2[nH]ccc(=O)c21. The minimum atomic E-state index is -0.439. The lowest BCUT2D eigenvalue weighted by Gasteiger charge is -2.34. The van der Waals surface area contributed by atoms with Crippen LogP contribution in [0.15, 0.2) is 47.5 Å². The normalized spacial score (nSPS) is 16.7. The first-order valence-corrected chi connectivity index (χ1v) is 7.51.